The number of hydrogen-bond acceptors (Lipinski definition) is 0. The van der Waals surface area contributed by atoms with E-state index in [1.54, 1.807) is 0 Å². The van der Waals surface area contributed by atoms with Crippen molar-refractivity contribution in [2.75, 3.05) is 0 Å². The van der Waals surface area contributed by atoms with Crippen LogP contribution in [0, 0.1) is 5.92 Å². The Kier molecular flexibility index (Phi) is 1.83. The molecule has 0 saturated heterocycles. The summed E-state index contributed by atoms with van der Waals surface area (Å²) >= 11 is 0. The first kappa shape index (κ1) is 7.38. The van der Waals surface area contributed by atoms with Gasteiger partial charge in [0.05, 0.1) is 0 Å². The second kappa shape index (κ2) is 2.48. The summed E-state index contributed by atoms with van der Waals surface area (Å²) < 4.78 is 36.9. The highest BCUT2D eigenvalue weighted by Gasteiger charge is 2.20. The largest absolute Gasteiger partial charge is 0.242 e. The number of alkyl halides is 1. The van der Waals surface area contributed by atoms with Crippen LogP contribution in [-0.4, -0.2) is 6.17 Å². The zero-order valence-corrected chi connectivity index (χ0v) is 5.44. The molecule has 0 aromatic carbocycles. The van der Waals surface area contributed by atoms with Gasteiger partial charge >= 0.3 is 0 Å². The highest BCUT2D eigenvalue weighted by molar-refractivity contribution is 5.26. The lowest BCUT2D eigenvalue weighted by atomic mass is 10.0. The normalized spacial score (nSPS) is 33.2. The molecule has 0 spiro atoms. The van der Waals surface area contributed by atoms with E-state index < -0.39 is 23.7 Å². The van der Waals surface area contributed by atoms with Crippen LogP contribution in [0.1, 0.15) is 6.92 Å². The van der Waals surface area contributed by atoms with Gasteiger partial charge in [-0.15, -0.1) is 0 Å². The van der Waals surface area contributed by atoms with Crippen molar-refractivity contribution < 1.29 is 13.2 Å². The zero-order valence-electron chi connectivity index (χ0n) is 5.44. The molecule has 0 radical (unpaired) electrons. The zero-order chi connectivity index (χ0) is 7.72. The number of allylic oxidation sites excluding steroid dienone is 4. The minimum Gasteiger partial charge on any atom is -0.242 e. The SMILES string of the molecule is CC1C=C(F)C(F)=CC1F. The summed E-state index contributed by atoms with van der Waals surface area (Å²) in [6, 6.07) is 0. The van der Waals surface area contributed by atoms with E-state index >= 15 is 0 Å². The van der Waals surface area contributed by atoms with Crippen LogP contribution < -0.4 is 0 Å². The summed E-state index contributed by atoms with van der Waals surface area (Å²) in [5.74, 6) is -2.61. The van der Waals surface area contributed by atoms with Crippen LogP contribution in [0.3, 0.4) is 0 Å². The van der Waals surface area contributed by atoms with Gasteiger partial charge in [-0.3, -0.25) is 0 Å². The second-order valence-corrected chi connectivity index (χ2v) is 2.33. The first-order valence-electron chi connectivity index (χ1n) is 3.00. The lowest BCUT2D eigenvalue weighted by Gasteiger charge is -2.13. The van der Waals surface area contributed by atoms with Gasteiger partial charge in [0.2, 0.25) is 0 Å². The fourth-order valence-corrected chi connectivity index (χ4v) is 0.774. The average molecular weight is 148 g/mol. The molecular weight excluding hydrogens is 141 g/mol. The van der Waals surface area contributed by atoms with E-state index in [1.165, 1.54) is 6.92 Å². The van der Waals surface area contributed by atoms with E-state index in [9.17, 15) is 13.2 Å². The van der Waals surface area contributed by atoms with Crippen molar-refractivity contribution in [3.8, 4) is 0 Å². The Morgan fingerprint density at radius 1 is 1.20 bits per heavy atom. The minimum absolute atomic E-state index is 0.556. The molecule has 0 saturated carbocycles. The van der Waals surface area contributed by atoms with Gasteiger partial charge in [0.15, 0.2) is 11.7 Å². The minimum atomic E-state index is -1.39. The first-order valence-corrected chi connectivity index (χ1v) is 3.00. The summed E-state index contributed by atoms with van der Waals surface area (Å²) in [4.78, 5) is 0. The molecule has 0 nitrogen and oxygen atoms in total. The van der Waals surface area contributed by atoms with Crippen LogP contribution in [-0.2, 0) is 0 Å². The van der Waals surface area contributed by atoms with Crippen LogP contribution in [0.4, 0.5) is 13.2 Å². The Labute approximate surface area is 57.0 Å². The van der Waals surface area contributed by atoms with Gasteiger partial charge in [0.1, 0.15) is 6.17 Å². The Bertz CT molecular complexity index is 171. The Morgan fingerprint density at radius 2 is 1.70 bits per heavy atom. The standard InChI is InChI=1S/C7H7F3/c1-4-2-6(9)7(10)3-5(4)8/h2-5H,1H3. The smallest absolute Gasteiger partial charge is 0.157 e. The fraction of sp³-hybridized carbons (Fsp3) is 0.429. The third-order valence-electron chi connectivity index (χ3n) is 1.45. The molecule has 10 heavy (non-hydrogen) atoms. The molecule has 0 fully saturated rings. The Balaban J connectivity index is 2.83. The lowest BCUT2D eigenvalue weighted by molar-refractivity contribution is 0.317. The molecule has 0 heterocycles. The predicted octanol–water partition coefficient (Wildman–Crippen LogP) is 2.68. The summed E-state index contributed by atoms with van der Waals surface area (Å²) in [6.07, 6.45) is 0.208. The predicted molar refractivity (Wildman–Crippen MR) is 32.4 cm³/mol. The number of hydrogen-bond donors (Lipinski definition) is 0. The van der Waals surface area contributed by atoms with Crippen LogP contribution in [0.5, 0.6) is 0 Å². The van der Waals surface area contributed by atoms with E-state index in [2.05, 4.69) is 0 Å². The molecule has 1 aliphatic carbocycles. The van der Waals surface area contributed by atoms with Crippen molar-refractivity contribution in [1.82, 2.24) is 0 Å². The van der Waals surface area contributed by atoms with Gasteiger partial charge < -0.3 is 0 Å². The van der Waals surface area contributed by atoms with Crippen molar-refractivity contribution in [3.05, 3.63) is 23.8 Å². The Hall–Kier alpha value is -0.730. The van der Waals surface area contributed by atoms with E-state index in [0.29, 0.717) is 6.08 Å². The molecule has 1 rings (SSSR count). The molecule has 0 aromatic heterocycles. The maximum Gasteiger partial charge on any atom is 0.157 e. The molecule has 0 N–H and O–H groups in total. The van der Waals surface area contributed by atoms with Gasteiger partial charge in [-0.1, -0.05) is 6.92 Å². The summed E-state index contributed by atoms with van der Waals surface area (Å²) in [5.41, 5.74) is 0. The summed E-state index contributed by atoms with van der Waals surface area (Å²) in [6.45, 7) is 1.49. The molecule has 0 aliphatic heterocycles. The molecule has 2 atom stereocenters. The molecule has 1 aliphatic rings. The molecule has 3 heteroatoms. The molecular formula is C7H7F3. The maximum absolute atomic E-state index is 12.5. The van der Waals surface area contributed by atoms with Crippen molar-refractivity contribution in [2.24, 2.45) is 5.92 Å². The molecule has 2 unspecified atom stereocenters. The molecule has 56 valence electrons. The van der Waals surface area contributed by atoms with Crippen LogP contribution >= 0.6 is 0 Å². The van der Waals surface area contributed by atoms with E-state index in [4.69, 9.17) is 0 Å². The van der Waals surface area contributed by atoms with Crippen LogP contribution in [0.2, 0.25) is 0 Å². The van der Waals surface area contributed by atoms with Crippen molar-refractivity contribution in [3.63, 3.8) is 0 Å². The van der Waals surface area contributed by atoms with Gasteiger partial charge in [-0.25, -0.2) is 13.2 Å². The third-order valence-corrected chi connectivity index (χ3v) is 1.45. The Morgan fingerprint density at radius 3 is 2.20 bits per heavy atom. The summed E-state index contributed by atoms with van der Waals surface area (Å²) in [7, 11) is 0. The van der Waals surface area contributed by atoms with Gasteiger partial charge in [-0.2, -0.15) is 0 Å². The average Bonchev–Trinajstić information content (AvgIpc) is 1.84. The third kappa shape index (κ3) is 1.23. The molecule has 0 aromatic rings. The van der Waals surface area contributed by atoms with E-state index in [1.807, 2.05) is 0 Å². The topological polar surface area (TPSA) is 0 Å². The molecule has 0 amide bonds. The first-order chi connectivity index (χ1) is 4.61. The maximum atomic E-state index is 12.5. The van der Waals surface area contributed by atoms with Crippen LogP contribution in [0.25, 0.3) is 0 Å². The second-order valence-electron chi connectivity index (χ2n) is 2.33. The lowest BCUT2D eigenvalue weighted by Crippen LogP contribution is -2.11. The number of rotatable bonds is 0. The van der Waals surface area contributed by atoms with E-state index in [0.717, 1.165) is 6.08 Å². The van der Waals surface area contributed by atoms with Crippen LogP contribution in [0.15, 0.2) is 23.8 Å². The van der Waals surface area contributed by atoms with Crippen molar-refractivity contribution in [2.45, 2.75) is 13.1 Å². The highest BCUT2D eigenvalue weighted by Crippen LogP contribution is 2.26. The number of halogens is 3. The van der Waals surface area contributed by atoms with E-state index in [-0.39, 0.29) is 0 Å². The highest BCUT2D eigenvalue weighted by atomic mass is 19.2. The monoisotopic (exact) mass is 148 g/mol. The van der Waals surface area contributed by atoms with Gasteiger partial charge in [0.25, 0.3) is 0 Å². The van der Waals surface area contributed by atoms with Crippen molar-refractivity contribution >= 4 is 0 Å². The van der Waals surface area contributed by atoms with Gasteiger partial charge in [0, 0.05) is 5.92 Å². The van der Waals surface area contributed by atoms with Gasteiger partial charge in [-0.05, 0) is 12.2 Å². The quantitative estimate of drug-likeness (QED) is 0.495. The fourth-order valence-electron chi connectivity index (χ4n) is 0.774. The summed E-state index contributed by atoms with van der Waals surface area (Å²) in [5, 5.41) is 0. The van der Waals surface area contributed by atoms with Crippen molar-refractivity contribution in [1.29, 1.82) is 0 Å². The molecule has 0 bridgehead atoms.